The SMILES string of the molecule is Cc1ccc(-n2nc3cc(C)c(NC(=S)NC(=O)/C=C/c4ccc(-c5ccc(Cl)cc5Cl)o4)cc3n2)cc1. The highest BCUT2D eigenvalue weighted by atomic mass is 35.5. The number of anilines is 1. The molecular weight excluding hydrogens is 541 g/mol. The van der Waals surface area contributed by atoms with Gasteiger partial charge in [-0.2, -0.15) is 4.80 Å². The molecule has 2 N–H and O–H groups in total. The first-order chi connectivity index (χ1) is 18.2. The van der Waals surface area contributed by atoms with Crippen LogP contribution in [0.2, 0.25) is 10.0 Å². The maximum absolute atomic E-state index is 12.4. The van der Waals surface area contributed by atoms with Crippen molar-refractivity contribution in [2.24, 2.45) is 0 Å². The van der Waals surface area contributed by atoms with Crippen LogP contribution in [0.1, 0.15) is 16.9 Å². The quantitative estimate of drug-likeness (QED) is 0.175. The largest absolute Gasteiger partial charge is 0.457 e. The van der Waals surface area contributed by atoms with Crippen molar-refractivity contribution < 1.29 is 9.21 Å². The summed E-state index contributed by atoms with van der Waals surface area (Å²) in [5.41, 5.74) is 5.81. The van der Waals surface area contributed by atoms with Gasteiger partial charge in [-0.15, -0.1) is 10.2 Å². The highest BCUT2D eigenvalue weighted by Gasteiger charge is 2.11. The van der Waals surface area contributed by atoms with E-state index in [-0.39, 0.29) is 5.11 Å². The number of hydrogen-bond acceptors (Lipinski definition) is 5. The van der Waals surface area contributed by atoms with Gasteiger partial charge in [-0.3, -0.25) is 10.1 Å². The zero-order valence-electron chi connectivity index (χ0n) is 20.3. The van der Waals surface area contributed by atoms with Gasteiger partial charge in [0.1, 0.15) is 22.6 Å². The number of rotatable bonds is 5. The van der Waals surface area contributed by atoms with Crippen molar-refractivity contribution in [2.75, 3.05) is 5.32 Å². The van der Waals surface area contributed by atoms with Gasteiger partial charge < -0.3 is 9.73 Å². The van der Waals surface area contributed by atoms with E-state index < -0.39 is 5.91 Å². The Bertz CT molecular complexity index is 1710. The lowest BCUT2D eigenvalue weighted by molar-refractivity contribution is -0.115. The standard InChI is InChI=1S/C28H21Cl2N5O2S/c1-16-3-6-19(7-4-16)35-33-24-13-17(2)23(15-25(24)34-35)31-28(38)32-27(36)12-9-20-8-11-26(37-20)21-10-5-18(29)14-22(21)30/h3-15H,1-2H3,(H2,31,32,36,38)/b12-9+. The molecule has 7 nitrogen and oxygen atoms in total. The Hall–Kier alpha value is -3.98. The summed E-state index contributed by atoms with van der Waals surface area (Å²) in [6, 6.07) is 20.4. The Balaban J connectivity index is 1.23. The number of halogens is 2. The van der Waals surface area contributed by atoms with Crippen molar-refractivity contribution >= 4 is 69.2 Å². The minimum atomic E-state index is -0.408. The molecule has 1 amide bonds. The van der Waals surface area contributed by atoms with Gasteiger partial charge in [-0.05, 0) is 92.3 Å². The van der Waals surface area contributed by atoms with Crippen molar-refractivity contribution in [1.29, 1.82) is 0 Å². The van der Waals surface area contributed by atoms with E-state index in [2.05, 4.69) is 20.8 Å². The van der Waals surface area contributed by atoms with Crippen LogP contribution in [0.3, 0.4) is 0 Å². The molecule has 3 aromatic carbocycles. The minimum Gasteiger partial charge on any atom is -0.457 e. The van der Waals surface area contributed by atoms with Gasteiger partial charge in [0.05, 0.1) is 10.7 Å². The highest BCUT2D eigenvalue weighted by Crippen LogP contribution is 2.31. The summed E-state index contributed by atoms with van der Waals surface area (Å²) in [4.78, 5) is 14.0. The molecular formula is C28H21Cl2N5O2S. The third-order valence-electron chi connectivity index (χ3n) is 5.70. The third kappa shape index (κ3) is 5.78. The molecule has 10 heteroatoms. The van der Waals surface area contributed by atoms with E-state index in [9.17, 15) is 4.79 Å². The molecule has 0 unspecified atom stereocenters. The minimum absolute atomic E-state index is 0.154. The van der Waals surface area contributed by atoms with Crippen LogP contribution < -0.4 is 10.6 Å². The van der Waals surface area contributed by atoms with Gasteiger partial charge in [0, 0.05) is 22.3 Å². The molecule has 2 aromatic heterocycles. The first-order valence-corrected chi connectivity index (χ1v) is 12.7. The molecule has 0 saturated carbocycles. The molecule has 0 aliphatic rings. The van der Waals surface area contributed by atoms with Gasteiger partial charge in [0.25, 0.3) is 0 Å². The van der Waals surface area contributed by atoms with Crippen molar-refractivity contribution in [1.82, 2.24) is 20.3 Å². The molecule has 0 aliphatic carbocycles. The zero-order chi connectivity index (χ0) is 26.8. The molecule has 0 aliphatic heterocycles. The van der Waals surface area contributed by atoms with Crippen molar-refractivity contribution in [3.8, 4) is 17.0 Å². The summed E-state index contributed by atoms with van der Waals surface area (Å²) >= 11 is 17.5. The fraction of sp³-hybridized carbons (Fsp3) is 0.0714. The topological polar surface area (TPSA) is 85.0 Å². The molecule has 5 aromatic rings. The Morgan fingerprint density at radius 2 is 1.71 bits per heavy atom. The molecule has 0 saturated heterocycles. The average molecular weight is 562 g/mol. The maximum atomic E-state index is 12.4. The first-order valence-electron chi connectivity index (χ1n) is 11.6. The lowest BCUT2D eigenvalue weighted by Gasteiger charge is -2.10. The van der Waals surface area contributed by atoms with E-state index >= 15 is 0 Å². The molecule has 5 rings (SSSR count). The van der Waals surface area contributed by atoms with Crippen molar-refractivity contribution in [3.05, 3.63) is 99.7 Å². The smallest absolute Gasteiger partial charge is 0.250 e. The summed E-state index contributed by atoms with van der Waals surface area (Å²) in [5.74, 6) is 0.640. The van der Waals surface area contributed by atoms with Crippen LogP contribution in [-0.4, -0.2) is 26.0 Å². The Morgan fingerprint density at radius 3 is 2.45 bits per heavy atom. The highest BCUT2D eigenvalue weighted by molar-refractivity contribution is 7.80. The Labute approximate surface area is 234 Å². The normalized spacial score (nSPS) is 11.3. The summed E-state index contributed by atoms with van der Waals surface area (Å²) < 4.78 is 5.78. The number of benzene rings is 3. The van der Waals surface area contributed by atoms with Gasteiger partial charge in [-0.1, -0.05) is 40.9 Å². The van der Waals surface area contributed by atoms with E-state index in [1.807, 2.05) is 50.2 Å². The summed E-state index contributed by atoms with van der Waals surface area (Å²) in [6.07, 6.45) is 2.88. The monoisotopic (exact) mass is 561 g/mol. The van der Waals surface area contributed by atoms with E-state index in [1.165, 1.54) is 6.08 Å². The number of carbonyl (C=O) groups is 1. The predicted molar refractivity (Wildman–Crippen MR) is 156 cm³/mol. The van der Waals surface area contributed by atoms with Gasteiger partial charge in [0.15, 0.2) is 5.11 Å². The van der Waals surface area contributed by atoms with Crippen LogP contribution in [0.4, 0.5) is 5.69 Å². The van der Waals surface area contributed by atoms with Crippen molar-refractivity contribution in [2.45, 2.75) is 13.8 Å². The predicted octanol–water partition coefficient (Wildman–Crippen LogP) is 7.13. The molecule has 0 atom stereocenters. The number of nitrogens with one attached hydrogen (secondary N) is 2. The first kappa shape index (κ1) is 25.7. The van der Waals surface area contributed by atoms with Crippen LogP contribution in [0.25, 0.3) is 34.1 Å². The number of thiocarbonyl (C=S) groups is 1. The molecule has 2 heterocycles. The number of fused-ring (bicyclic) bond motifs is 1. The maximum Gasteiger partial charge on any atom is 0.250 e. The lowest BCUT2D eigenvalue weighted by atomic mass is 10.2. The van der Waals surface area contributed by atoms with E-state index in [1.54, 1.807) is 41.2 Å². The summed E-state index contributed by atoms with van der Waals surface area (Å²) in [7, 11) is 0. The molecule has 190 valence electrons. The summed E-state index contributed by atoms with van der Waals surface area (Å²) in [6.45, 7) is 3.96. The molecule has 38 heavy (non-hydrogen) atoms. The molecule has 0 spiro atoms. The van der Waals surface area contributed by atoms with Gasteiger partial charge >= 0.3 is 0 Å². The number of hydrogen-bond donors (Lipinski definition) is 2. The number of carbonyl (C=O) groups excluding carboxylic acids is 1. The van der Waals surface area contributed by atoms with E-state index in [0.29, 0.717) is 32.6 Å². The van der Waals surface area contributed by atoms with Crippen LogP contribution in [0.15, 0.2) is 77.2 Å². The number of furan rings is 1. The van der Waals surface area contributed by atoms with Crippen LogP contribution >= 0.6 is 35.4 Å². The van der Waals surface area contributed by atoms with E-state index in [0.717, 1.165) is 28.0 Å². The fourth-order valence-corrected chi connectivity index (χ4v) is 4.45. The molecule has 0 radical (unpaired) electrons. The Morgan fingerprint density at radius 1 is 0.974 bits per heavy atom. The summed E-state index contributed by atoms with van der Waals surface area (Å²) in [5, 5.41) is 16.0. The number of aromatic nitrogens is 3. The van der Waals surface area contributed by atoms with Crippen LogP contribution in [0, 0.1) is 13.8 Å². The second-order valence-electron chi connectivity index (χ2n) is 8.58. The van der Waals surface area contributed by atoms with Gasteiger partial charge in [-0.25, -0.2) is 0 Å². The lowest BCUT2D eigenvalue weighted by Crippen LogP contribution is -2.33. The van der Waals surface area contributed by atoms with Crippen LogP contribution in [-0.2, 0) is 4.79 Å². The second-order valence-corrected chi connectivity index (χ2v) is 9.84. The molecule has 0 bridgehead atoms. The van der Waals surface area contributed by atoms with Crippen molar-refractivity contribution in [3.63, 3.8) is 0 Å². The second kappa shape index (κ2) is 10.8. The number of amides is 1. The molecule has 0 fully saturated rings. The van der Waals surface area contributed by atoms with Crippen LogP contribution in [0.5, 0.6) is 0 Å². The van der Waals surface area contributed by atoms with E-state index in [4.69, 9.17) is 39.8 Å². The zero-order valence-corrected chi connectivity index (χ0v) is 22.7. The van der Waals surface area contributed by atoms with Gasteiger partial charge in [0.2, 0.25) is 5.91 Å². The number of aryl methyl sites for hydroxylation is 2. The third-order valence-corrected chi connectivity index (χ3v) is 6.45. The average Bonchev–Trinajstić information content (AvgIpc) is 3.50. The number of nitrogens with zero attached hydrogens (tertiary/aromatic N) is 3. The Kier molecular flexibility index (Phi) is 7.28. The fourth-order valence-electron chi connectivity index (χ4n) is 3.74.